The number of nitrogens with one attached hydrogen (secondary N) is 2. The molecule has 0 spiro atoms. The van der Waals surface area contributed by atoms with Gasteiger partial charge in [0.2, 0.25) is 0 Å². The first-order valence-electron chi connectivity index (χ1n) is 10.2. The molecule has 172 valence electrons. The Bertz CT molecular complexity index is 1460. The molecular formula is C21H19F3N6O2S. The molecule has 0 atom stereocenters. The molecule has 1 aliphatic rings. The molecule has 4 aromatic rings. The first kappa shape index (κ1) is 21.6. The Morgan fingerprint density at radius 2 is 1.76 bits per heavy atom. The summed E-state index contributed by atoms with van der Waals surface area (Å²) in [6.45, 7) is 0.500. The molecule has 1 saturated heterocycles. The zero-order valence-corrected chi connectivity index (χ0v) is 18.0. The van der Waals surface area contributed by atoms with E-state index in [0.717, 1.165) is 12.1 Å². The first-order chi connectivity index (χ1) is 15.7. The van der Waals surface area contributed by atoms with E-state index < -0.39 is 27.7 Å². The minimum atomic E-state index is -3.75. The van der Waals surface area contributed by atoms with Crippen molar-refractivity contribution in [1.29, 1.82) is 0 Å². The lowest BCUT2D eigenvalue weighted by Gasteiger charge is -2.30. The lowest BCUT2D eigenvalue weighted by Crippen LogP contribution is -2.45. The van der Waals surface area contributed by atoms with E-state index in [1.165, 1.54) is 28.6 Å². The molecule has 0 radical (unpaired) electrons. The highest BCUT2D eigenvalue weighted by Crippen LogP contribution is 2.36. The smallest absolute Gasteiger partial charge is 0.276 e. The summed E-state index contributed by atoms with van der Waals surface area (Å²) >= 11 is 0. The van der Waals surface area contributed by atoms with E-state index in [4.69, 9.17) is 5.14 Å². The normalized spacial score (nSPS) is 16.0. The van der Waals surface area contributed by atoms with E-state index >= 15 is 0 Å². The lowest BCUT2D eigenvalue weighted by atomic mass is 10.0. The molecule has 0 unspecified atom stereocenters. The van der Waals surface area contributed by atoms with Gasteiger partial charge in [0, 0.05) is 29.9 Å². The summed E-state index contributed by atoms with van der Waals surface area (Å²) in [6, 6.07) is 7.29. The van der Waals surface area contributed by atoms with Crippen molar-refractivity contribution in [3.05, 3.63) is 53.8 Å². The summed E-state index contributed by atoms with van der Waals surface area (Å²) in [6.07, 6.45) is 0.969. The number of benzene rings is 2. The molecule has 0 saturated carbocycles. The number of aromatic nitrogens is 3. The Kier molecular flexibility index (Phi) is 5.22. The molecule has 5 rings (SSSR count). The zero-order valence-electron chi connectivity index (χ0n) is 17.1. The van der Waals surface area contributed by atoms with E-state index in [0.29, 0.717) is 35.1 Å². The molecule has 4 N–H and O–H groups in total. The summed E-state index contributed by atoms with van der Waals surface area (Å²) in [5.41, 5.74) is 0.417. The predicted molar refractivity (Wildman–Crippen MR) is 118 cm³/mol. The molecule has 1 aliphatic heterocycles. The van der Waals surface area contributed by atoms with E-state index in [-0.39, 0.29) is 35.8 Å². The van der Waals surface area contributed by atoms with Crippen molar-refractivity contribution in [2.24, 2.45) is 5.14 Å². The minimum Gasteiger partial charge on any atom is -0.364 e. The molecule has 2 aromatic heterocycles. The predicted octanol–water partition coefficient (Wildman–Crippen LogP) is 3.28. The third kappa shape index (κ3) is 3.90. The Morgan fingerprint density at radius 1 is 1.06 bits per heavy atom. The number of anilines is 1. The van der Waals surface area contributed by atoms with Crippen LogP contribution < -0.4 is 10.5 Å². The van der Waals surface area contributed by atoms with Gasteiger partial charge in [-0.25, -0.2) is 23.3 Å². The molecule has 0 bridgehead atoms. The molecular weight excluding hydrogens is 457 g/mol. The number of nitrogens with zero attached hydrogens (tertiary/aromatic N) is 3. The monoisotopic (exact) mass is 476 g/mol. The quantitative estimate of drug-likeness (QED) is 0.418. The van der Waals surface area contributed by atoms with Gasteiger partial charge in [0.1, 0.15) is 23.0 Å². The zero-order chi connectivity index (χ0) is 23.3. The van der Waals surface area contributed by atoms with Crippen LogP contribution in [0.15, 0.2) is 36.4 Å². The van der Waals surface area contributed by atoms with Gasteiger partial charge in [-0.1, -0.05) is 6.07 Å². The number of aromatic amines is 1. The molecule has 1 fully saturated rings. The van der Waals surface area contributed by atoms with Gasteiger partial charge in [0.05, 0.1) is 16.8 Å². The SMILES string of the molecule is NS(=O)(=O)N1CCC(Nc2n[nH]c3c2nc(-c2c(F)cccc2F)c2cc(F)ccc23)CC1. The summed E-state index contributed by atoms with van der Waals surface area (Å²) in [7, 11) is -3.75. The van der Waals surface area contributed by atoms with Gasteiger partial charge in [-0.3, -0.25) is 5.10 Å². The number of halogens is 3. The van der Waals surface area contributed by atoms with E-state index in [9.17, 15) is 21.6 Å². The van der Waals surface area contributed by atoms with Crippen molar-refractivity contribution in [1.82, 2.24) is 19.5 Å². The fourth-order valence-corrected chi connectivity index (χ4v) is 4.92. The molecule has 0 aliphatic carbocycles. The highest BCUT2D eigenvalue weighted by Gasteiger charge is 2.27. The van der Waals surface area contributed by atoms with Gasteiger partial charge in [0.25, 0.3) is 10.2 Å². The molecule has 0 amide bonds. The standard InChI is InChI=1S/C21H19F3N6O2S/c22-11-4-5-13-14(10-11)18(17-15(23)2-1-3-16(17)24)27-20-19(13)28-29-21(20)26-12-6-8-30(9-7-12)33(25,31)32/h1-5,10,12H,6-9H2,(H2,25,31,32)(H2,26,28,29). The maximum atomic E-state index is 14.6. The van der Waals surface area contributed by atoms with Crippen molar-refractivity contribution in [3.63, 3.8) is 0 Å². The van der Waals surface area contributed by atoms with Crippen molar-refractivity contribution >= 4 is 37.8 Å². The molecule has 12 heteroatoms. The summed E-state index contributed by atoms with van der Waals surface area (Å²) in [5, 5.41) is 16.3. The number of pyridine rings is 1. The van der Waals surface area contributed by atoms with Crippen LogP contribution >= 0.6 is 0 Å². The van der Waals surface area contributed by atoms with Crippen LogP contribution in [0.5, 0.6) is 0 Å². The van der Waals surface area contributed by atoms with Gasteiger partial charge >= 0.3 is 0 Å². The fraction of sp³-hybridized carbons (Fsp3) is 0.238. The first-order valence-corrected chi connectivity index (χ1v) is 11.7. The average Bonchev–Trinajstić information content (AvgIpc) is 3.16. The topological polar surface area (TPSA) is 117 Å². The maximum Gasteiger partial charge on any atom is 0.276 e. The van der Waals surface area contributed by atoms with Crippen molar-refractivity contribution < 1.29 is 21.6 Å². The second kappa shape index (κ2) is 7.97. The number of piperidine rings is 1. The third-order valence-electron chi connectivity index (χ3n) is 5.82. The maximum absolute atomic E-state index is 14.6. The molecule has 2 aromatic carbocycles. The number of rotatable bonds is 4. The second-order valence-electron chi connectivity index (χ2n) is 7.91. The van der Waals surface area contributed by atoms with Crippen LogP contribution in [-0.4, -0.2) is 47.0 Å². The van der Waals surface area contributed by atoms with Crippen LogP contribution in [0.3, 0.4) is 0 Å². The highest BCUT2D eigenvalue weighted by molar-refractivity contribution is 7.86. The van der Waals surface area contributed by atoms with Gasteiger partial charge < -0.3 is 5.32 Å². The van der Waals surface area contributed by atoms with E-state index in [2.05, 4.69) is 20.5 Å². The molecule has 3 heterocycles. The number of fused-ring (bicyclic) bond motifs is 3. The molecule has 33 heavy (non-hydrogen) atoms. The van der Waals surface area contributed by atoms with Crippen LogP contribution in [0.4, 0.5) is 19.0 Å². The average molecular weight is 476 g/mol. The van der Waals surface area contributed by atoms with Gasteiger partial charge in [-0.2, -0.15) is 17.8 Å². The van der Waals surface area contributed by atoms with Gasteiger partial charge in [0.15, 0.2) is 5.82 Å². The Labute approximate surface area is 186 Å². The molecule has 8 nitrogen and oxygen atoms in total. The van der Waals surface area contributed by atoms with Crippen LogP contribution in [0.2, 0.25) is 0 Å². The van der Waals surface area contributed by atoms with E-state index in [1.54, 1.807) is 0 Å². The third-order valence-corrected chi connectivity index (χ3v) is 6.91. The summed E-state index contributed by atoms with van der Waals surface area (Å²) in [4.78, 5) is 4.49. The Balaban J connectivity index is 1.60. The van der Waals surface area contributed by atoms with Crippen LogP contribution in [-0.2, 0) is 10.2 Å². The van der Waals surface area contributed by atoms with Crippen molar-refractivity contribution in [2.45, 2.75) is 18.9 Å². The second-order valence-corrected chi connectivity index (χ2v) is 9.45. The Morgan fingerprint density at radius 3 is 2.42 bits per heavy atom. The Hall–Kier alpha value is -3.22. The van der Waals surface area contributed by atoms with E-state index in [1.807, 2.05) is 0 Å². The highest BCUT2D eigenvalue weighted by atomic mass is 32.2. The largest absolute Gasteiger partial charge is 0.364 e. The van der Waals surface area contributed by atoms with Crippen molar-refractivity contribution in [2.75, 3.05) is 18.4 Å². The number of nitrogens with two attached hydrogens (primary N) is 1. The lowest BCUT2D eigenvalue weighted by molar-refractivity contribution is 0.330. The number of hydrogen-bond donors (Lipinski definition) is 3. The minimum absolute atomic E-state index is 0.0407. The summed E-state index contributed by atoms with van der Waals surface area (Å²) < 4.78 is 67.6. The van der Waals surface area contributed by atoms with Crippen LogP contribution in [0.1, 0.15) is 12.8 Å². The fourth-order valence-electron chi connectivity index (χ4n) is 4.20. The van der Waals surface area contributed by atoms with Crippen LogP contribution in [0, 0.1) is 17.5 Å². The van der Waals surface area contributed by atoms with Crippen LogP contribution in [0.25, 0.3) is 33.1 Å². The number of H-pyrrole nitrogens is 1. The number of hydrogen-bond acceptors (Lipinski definition) is 5. The van der Waals surface area contributed by atoms with Gasteiger partial charge in [-0.05, 0) is 43.2 Å². The summed E-state index contributed by atoms with van der Waals surface area (Å²) in [5.74, 6) is -1.86. The van der Waals surface area contributed by atoms with Gasteiger partial charge in [-0.15, -0.1) is 0 Å². The van der Waals surface area contributed by atoms with Crippen molar-refractivity contribution in [3.8, 4) is 11.3 Å².